The molecule has 1 heterocycles. The van der Waals surface area contributed by atoms with Crippen molar-refractivity contribution in [3.63, 3.8) is 0 Å². The molecule has 0 aliphatic rings. The molecule has 0 aliphatic heterocycles. The molecule has 1 rings (SSSR count). The Kier molecular flexibility index (Phi) is 3.65. The summed E-state index contributed by atoms with van der Waals surface area (Å²) in [4.78, 5) is 6.25. The Morgan fingerprint density at radius 3 is 3.00 bits per heavy atom. The van der Waals surface area contributed by atoms with Gasteiger partial charge in [-0.25, -0.2) is 4.98 Å². The number of aliphatic hydroxyl groups is 1. The molecule has 3 nitrogen and oxygen atoms in total. The van der Waals surface area contributed by atoms with Gasteiger partial charge in [0.1, 0.15) is 0 Å². The molecule has 0 aromatic carbocycles. The van der Waals surface area contributed by atoms with E-state index in [9.17, 15) is 0 Å². The molecule has 1 aromatic rings. The fraction of sp³-hybridized carbons (Fsp3) is 0.625. The van der Waals surface area contributed by atoms with Crippen molar-refractivity contribution in [2.24, 2.45) is 0 Å². The first-order chi connectivity index (χ1) is 5.74. The molecule has 0 bridgehead atoms. The Bertz CT molecular complexity index is 213. The lowest BCUT2D eigenvalue weighted by Crippen LogP contribution is -2.31. The Balaban J connectivity index is 2.41. The van der Waals surface area contributed by atoms with Crippen molar-refractivity contribution >= 4 is 11.3 Å². The number of hydrogen-bond donors (Lipinski definition) is 1. The molecule has 1 unspecified atom stereocenters. The Labute approximate surface area is 76.7 Å². The van der Waals surface area contributed by atoms with Gasteiger partial charge in [0.2, 0.25) is 0 Å². The summed E-state index contributed by atoms with van der Waals surface area (Å²) in [6.07, 6.45) is 0. The van der Waals surface area contributed by atoms with E-state index in [4.69, 9.17) is 5.11 Å². The molecule has 0 saturated heterocycles. The summed E-state index contributed by atoms with van der Waals surface area (Å²) in [6.45, 7) is 3.00. The maximum atomic E-state index is 8.87. The Morgan fingerprint density at radius 1 is 1.75 bits per heavy atom. The number of likely N-dealkylation sites (N-methyl/N-ethyl adjacent to an activating group) is 1. The highest BCUT2D eigenvalue weighted by Gasteiger charge is 2.08. The molecule has 12 heavy (non-hydrogen) atoms. The molecule has 0 aliphatic carbocycles. The molecule has 0 saturated carbocycles. The van der Waals surface area contributed by atoms with Crippen LogP contribution < -0.4 is 0 Å². The zero-order valence-electron chi connectivity index (χ0n) is 7.40. The minimum atomic E-state index is 0.195. The van der Waals surface area contributed by atoms with E-state index in [1.807, 2.05) is 24.9 Å². The van der Waals surface area contributed by atoms with E-state index in [0.29, 0.717) is 0 Å². The van der Waals surface area contributed by atoms with Gasteiger partial charge in [0, 0.05) is 18.0 Å². The van der Waals surface area contributed by atoms with Gasteiger partial charge in [0.05, 0.1) is 17.8 Å². The molecule has 0 radical (unpaired) electrons. The van der Waals surface area contributed by atoms with Crippen molar-refractivity contribution < 1.29 is 5.11 Å². The number of hydrogen-bond acceptors (Lipinski definition) is 4. The van der Waals surface area contributed by atoms with Crippen molar-refractivity contribution in [3.05, 3.63) is 16.6 Å². The lowest BCUT2D eigenvalue weighted by molar-refractivity contribution is 0.153. The van der Waals surface area contributed by atoms with Crippen molar-refractivity contribution in [1.29, 1.82) is 0 Å². The average molecular weight is 186 g/mol. The summed E-state index contributed by atoms with van der Waals surface area (Å²) in [7, 11) is 1.99. The zero-order chi connectivity index (χ0) is 8.97. The van der Waals surface area contributed by atoms with Crippen LogP contribution in [0.5, 0.6) is 0 Å². The van der Waals surface area contributed by atoms with E-state index in [1.54, 1.807) is 11.3 Å². The third-order valence-electron chi connectivity index (χ3n) is 1.91. The fourth-order valence-electron chi connectivity index (χ4n) is 0.866. The van der Waals surface area contributed by atoms with Crippen LogP contribution in [-0.4, -0.2) is 34.7 Å². The molecule has 0 spiro atoms. The summed E-state index contributed by atoms with van der Waals surface area (Å²) < 4.78 is 0. The number of rotatable bonds is 4. The fourth-order valence-corrected chi connectivity index (χ4v) is 1.42. The van der Waals surface area contributed by atoms with Gasteiger partial charge >= 0.3 is 0 Å². The molecular formula is C8H14N2OS. The molecule has 0 amide bonds. The maximum absolute atomic E-state index is 8.87. The summed E-state index contributed by atoms with van der Waals surface area (Å²) in [5.41, 5.74) is 2.90. The Morgan fingerprint density at radius 2 is 2.50 bits per heavy atom. The molecular weight excluding hydrogens is 172 g/mol. The van der Waals surface area contributed by atoms with Gasteiger partial charge in [-0.2, -0.15) is 0 Å². The van der Waals surface area contributed by atoms with Crippen molar-refractivity contribution in [2.75, 3.05) is 13.7 Å². The highest BCUT2D eigenvalue weighted by Crippen LogP contribution is 2.06. The first kappa shape index (κ1) is 9.64. The monoisotopic (exact) mass is 186 g/mol. The smallest absolute Gasteiger partial charge is 0.0795 e. The number of aromatic nitrogens is 1. The molecule has 1 aromatic heterocycles. The maximum Gasteiger partial charge on any atom is 0.0795 e. The van der Waals surface area contributed by atoms with Crippen molar-refractivity contribution in [2.45, 2.75) is 19.5 Å². The van der Waals surface area contributed by atoms with E-state index >= 15 is 0 Å². The number of aliphatic hydroxyl groups excluding tert-OH is 1. The Hall–Kier alpha value is -0.450. The predicted octanol–water partition coefficient (Wildman–Crippen LogP) is 0.956. The van der Waals surface area contributed by atoms with Crippen LogP contribution in [0.25, 0.3) is 0 Å². The second-order valence-electron chi connectivity index (χ2n) is 2.93. The summed E-state index contributed by atoms with van der Waals surface area (Å²) in [6, 6.07) is 0.201. The van der Waals surface area contributed by atoms with E-state index in [1.165, 1.54) is 0 Å². The van der Waals surface area contributed by atoms with Crippen LogP contribution in [0, 0.1) is 0 Å². The molecule has 0 fully saturated rings. The van der Waals surface area contributed by atoms with Crippen LogP contribution in [0.3, 0.4) is 0 Å². The van der Waals surface area contributed by atoms with Crippen LogP contribution in [0.15, 0.2) is 10.9 Å². The third kappa shape index (κ3) is 2.55. The van der Waals surface area contributed by atoms with Gasteiger partial charge in [0.25, 0.3) is 0 Å². The van der Waals surface area contributed by atoms with Crippen LogP contribution in [0.1, 0.15) is 12.6 Å². The SMILES string of the molecule is CC(CO)N(C)Cc1cscn1. The largest absolute Gasteiger partial charge is 0.395 e. The second kappa shape index (κ2) is 4.54. The number of nitrogens with zero attached hydrogens (tertiary/aromatic N) is 2. The first-order valence-electron chi connectivity index (χ1n) is 3.92. The standard InChI is InChI=1S/C8H14N2OS/c1-7(4-11)10(2)3-8-5-12-6-9-8/h5-7,11H,3-4H2,1-2H3. The minimum absolute atomic E-state index is 0.195. The molecule has 1 atom stereocenters. The predicted molar refractivity (Wildman–Crippen MR) is 50.1 cm³/mol. The van der Waals surface area contributed by atoms with Gasteiger partial charge in [-0.05, 0) is 14.0 Å². The van der Waals surface area contributed by atoms with Crippen molar-refractivity contribution in [1.82, 2.24) is 9.88 Å². The van der Waals surface area contributed by atoms with Crippen LogP contribution in [0.2, 0.25) is 0 Å². The van der Waals surface area contributed by atoms with E-state index in [0.717, 1.165) is 12.2 Å². The van der Waals surface area contributed by atoms with Crippen LogP contribution >= 0.6 is 11.3 Å². The van der Waals surface area contributed by atoms with Crippen LogP contribution in [-0.2, 0) is 6.54 Å². The topological polar surface area (TPSA) is 36.4 Å². The summed E-state index contributed by atoms with van der Waals surface area (Å²) in [5.74, 6) is 0. The van der Waals surface area contributed by atoms with E-state index in [-0.39, 0.29) is 12.6 Å². The van der Waals surface area contributed by atoms with Crippen molar-refractivity contribution in [3.8, 4) is 0 Å². The summed E-state index contributed by atoms with van der Waals surface area (Å²) >= 11 is 1.60. The van der Waals surface area contributed by atoms with Gasteiger partial charge < -0.3 is 5.11 Å². The molecule has 68 valence electrons. The number of thiazole rings is 1. The lowest BCUT2D eigenvalue weighted by Gasteiger charge is -2.21. The normalized spacial score (nSPS) is 13.7. The third-order valence-corrected chi connectivity index (χ3v) is 2.55. The van der Waals surface area contributed by atoms with E-state index in [2.05, 4.69) is 9.88 Å². The molecule has 4 heteroatoms. The minimum Gasteiger partial charge on any atom is -0.395 e. The quantitative estimate of drug-likeness (QED) is 0.760. The first-order valence-corrected chi connectivity index (χ1v) is 4.86. The zero-order valence-corrected chi connectivity index (χ0v) is 8.21. The van der Waals surface area contributed by atoms with Gasteiger partial charge in [0.15, 0.2) is 0 Å². The molecule has 1 N–H and O–H groups in total. The highest BCUT2D eigenvalue weighted by atomic mass is 32.1. The second-order valence-corrected chi connectivity index (χ2v) is 3.65. The van der Waals surface area contributed by atoms with Crippen LogP contribution in [0.4, 0.5) is 0 Å². The van der Waals surface area contributed by atoms with Gasteiger partial charge in [-0.15, -0.1) is 11.3 Å². The van der Waals surface area contributed by atoms with Gasteiger partial charge in [-0.1, -0.05) is 0 Å². The summed E-state index contributed by atoms with van der Waals surface area (Å²) in [5, 5.41) is 10.9. The van der Waals surface area contributed by atoms with E-state index < -0.39 is 0 Å². The highest BCUT2D eigenvalue weighted by molar-refractivity contribution is 7.07. The average Bonchev–Trinajstić information content (AvgIpc) is 2.55. The lowest BCUT2D eigenvalue weighted by atomic mass is 10.3. The van der Waals surface area contributed by atoms with Gasteiger partial charge in [-0.3, -0.25) is 4.90 Å².